The molecule has 1 aromatic rings. The van der Waals surface area contributed by atoms with E-state index < -0.39 is 0 Å². The fraction of sp³-hybridized carbons (Fsp3) is 0.750. The number of nitrogens with one attached hydrogen (secondary N) is 1. The Bertz CT molecular complexity index is 343. The predicted octanol–water partition coefficient (Wildman–Crippen LogP) is 2.49. The van der Waals surface area contributed by atoms with E-state index in [1.807, 2.05) is 7.05 Å². The lowest BCUT2D eigenvalue weighted by molar-refractivity contribution is 0.0845. The van der Waals surface area contributed by atoms with Crippen molar-refractivity contribution in [3.05, 3.63) is 16.1 Å². The Balaban J connectivity index is 2.12. The molecule has 16 heavy (non-hydrogen) atoms. The molecular weight excluding hydrogens is 220 g/mol. The topological polar surface area (TPSA) is 34.2 Å². The fourth-order valence-corrected chi connectivity index (χ4v) is 2.89. The first-order valence-corrected chi connectivity index (χ1v) is 6.74. The number of thiazole rings is 1. The quantitative estimate of drug-likeness (QED) is 0.881. The van der Waals surface area contributed by atoms with Gasteiger partial charge in [0, 0.05) is 24.5 Å². The second kappa shape index (κ2) is 4.82. The third-order valence-electron chi connectivity index (χ3n) is 3.32. The van der Waals surface area contributed by atoms with Crippen molar-refractivity contribution in [1.29, 1.82) is 0 Å². The summed E-state index contributed by atoms with van der Waals surface area (Å²) in [5.41, 5.74) is 1.24. The van der Waals surface area contributed by atoms with Gasteiger partial charge in [0.15, 0.2) is 0 Å². The summed E-state index contributed by atoms with van der Waals surface area (Å²) in [6, 6.07) is 0. The van der Waals surface area contributed by atoms with E-state index in [0.29, 0.717) is 5.92 Å². The van der Waals surface area contributed by atoms with Crippen LogP contribution < -0.4 is 5.32 Å². The second-order valence-corrected chi connectivity index (χ2v) is 5.70. The number of nitrogens with zero attached hydrogens (tertiary/aromatic N) is 1. The van der Waals surface area contributed by atoms with Gasteiger partial charge in [-0.05, 0) is 33.7 Å². The van der Waals surface area contributed by atoms with Gasteiger partial charge in [-0.1, -0.05) is 0 Å². The maximum atomic E-state index is 5.38. The molecule has 1 aromatic heterocycles. The van der Waals surface area contributed by atoms with Crippen molar-refractivity contribution in [2.24, 2.45) is 0 Å². The highest BCUT2D eigenvalue weighted by Gasteiger charge is 2.24. The molecule has 0 bridgehead atoms. The molecule has 4 heteroatoms. The minimum absolute atomic E-state index is 0.0198. The second-order valence-electron chi connectivity index (χ2n) is 4.84. The van der Waals surface area contributed by atoms with Gasteiger partial charge in [-0.25, -0.2) is 4.98 Å². The van der Waals surface area contributed by atoms with Crippen LogP contribution in [0.1, 0.15) is 43.3 Å². The standard InChI is InChI=1S/C12H20N2OS/c1-12(2,13-3)11-14-10(8-16-11)9-4-6-15-7-5-9/h8-9,13H,4-7H2,1-3H3. The molecule has 1 N–H and O–H groups in total. The van der Waals surface area contributed by atoms with Crippen LogP contribution in [0.3, 0.4) is 0 Å². The predicted molar refractivity (Wildman–Crippen MR) is 67.0 cm³/mol. The molecule has 0 atom stereocenters. The Hall–Kier alpha value is -0.450. The molecule has 1 aliphatic heterocycles. The van der Waals surface area contributed by atoms with Crippen LogP contribution in [0.15, 0.2) is 5.38 Å². The molecular formula is C12H20N2OS. The first-order chi connectivity index (χ1) is 7.63. The van der Waals surface area contributed by atoms with Gasteiger partial charge in [0.2, 0.25) is 0 Å². The van der Waals surface area contributed by atoms with Crippen molar-refractivity contribution in [3.8, 4) is 0 Å². The number of ether oxygens (including phenoxy) is 1. The zero-order valence-electron chi connectivity index (χ0n) is 10.2. The van der Waals surface area contributed by atoms with Crippen molar-refractivity contribution in [3.63, 3.8) is 0 Å². The Kier molecular flexibility index (Phi) is 3.62. The molecule has 3 nitrogen and oxygen atoms in total. The maximum Gasteiger partial charge on any atom is 0.112 e. The summed E-state index contributed by atoms with van der Waals surface area (Å²) in [6.45, 7) is 6.10. The van der Waals surface area contributed by atoms with Crippen LogP contribution in [0.2, 0.25) is 0 Å². The Labute approximate surface area is 101 Å². The van der Waals surface area contributed by atoms with Crippen molar-refractivity contribution in [2.75, 3.05) is 20.3 Å². The average molecular weight is 240 g/mol. The van der Waals surface area contributed by atoms with E-state index in [1.54, 1.807) is 11.3 Å². The first kappa shape index (κ1) is 12.0. The smallest absolute Gasteiger partial charge is 0.112 e. The van der Waals surface area contributed by atoms with E-state index in [9.17, 15) is 0 Å². The normalized spacial score (nSPS) is 18.9. The molecule has 1 aliphatic rings. The van der Waals surface area contributed by atoms with E-state index in [0.717, 1.165) is 26.1 Å². The van der Waals surface area contributed by atoms with Gasteiger partial charge >= 0.3 is 0 Å². The van der Waals surface area contributed by atoms with Crippen LogP contribution in [0, 0.1) is 0 Å². The lowest BCUT2D eigenvalue weighted by Crippen LogP contribution is -2.33. The first-order valence-electron chi connectivity index (χ1n) is 5.86. The van der Waals surface area contributed by atoms with Gasteiger partial charge in [-0.15, -0.1) is 11.3 Å². The highest BCUT2D eigenvalue weighted by molar-refractivity contribution is 7.09. The fourth-order valence-electron chi connectivity index (χ4n) is 1.86. The molecule has 0 amide bonds. The minimum atomic E-state index is -0.0198. The van der Waals surface area contributed by atoms with Gasteiger partial charge < -0.3 is 10.1 Å². The molecule has 0 aromatic carbocycles. The van der Waals surface area contributed by atoms with E-state index in [2.05, 4.69) is 24.5 Å². The third kappa shape index (κ3) is 2.44. The van der Waals surface area contributed by atoms with Crippen molar-refractivity contribution in [2.45, 2.75) is 38.1 Å². The van der Waals surface area contributed by atoms with Gasteiger partial charge in [-0.3, -0.25) is 0 Å². The number of aromatic nitrogens is 1. The minimum Gasteiger partial charge on any atom is -0.381 e. The van der Waals surface area contributed by atoms with Gasteiger partial charge in [-0.2, -0.15) is 0 Å². The van der Waals surface area contributed by atoms with Crippen molar-refractivity contribution < 1.29 is 4.74 Å². The number of rotatable bonds is 3. The summed E-state index contributed by atoms with van der Waals surface area (Å²) in [6.07, 6.45) is 2.23. The summed E-state index contributed by atoms with van der Waals surface area (Å²) in [5.74, 6) is 0.603. The molecule has 0 radical (unpaired) electrons. The highest BCUT2D eigenvalue weighted by atomic mass is 32.1. The molecule has 2 rings (SSSR count). The summed E-state index contributed by atoms with van der Waals surface area (Å²) in [4.78, 5) is 4.78. The van der Waals surface area contributed by atoms with Crippen LogP contribution in [0.5, 0.6) is 0 Å². The molecule has 0 unspecified atom stereocenters. The highest BCUT2D eigenvalue weighted by Crippen LogP contribution is 2.31. The van der Waals surface area contributed by atoms with Crippen molar-refractivity contribution in [1.82, 2.24) is 10.3 Å². The van der Waals surface area contributed by atoms with Crippen LogP contribution in [0.25, 0.3) is 0 Å². The van der Waals surface area contributed by atoms with Crippen LogP contribution in [-0.4, -0.2) is 25.2 Å². The van der Waals surface area contributed by atoms with Gasteiger partial charge in [0.1, 0.15) is 5.01 Å². The summed E-state index contributed by atoms with van der Waals surface area (Å²) in [5, 5.41) is 6.69. The van der Waals surface area contributed by atoms with Crippen molar-refractivity contribution >= 4 is 11.3 Å². The lowest BCUT2D eigenvalue weighted by atomic mass is 9.97. The summed E-state index contributed by atoms with van der Waals surface area (Å²) >= 11 is 1.76. The van der Waals surface area contributed by atoms with Gasteiger partial charge in [0.25, 0.3) is 0 Å². The molecule has 0 aliphatic carbocycles. The average Bonchev–Trinajstić information content (AvgIpc) is 2.80. The van der Waals surface area contributed by atoms with E-state index in [-0.39, 0.29) is 5.54 Å². The summed E-state index contributed by atoms with van der Waals surface area (Å²) < 4.78 is 5.38. The maximum absolute atomic E-state index is 5.38. The van der Waals surface area contributed by atoms with E-state index >= 15 is 0 Å². The molecule has 1 saturated heterocycles. The monoisotopic (exact) mass is 240 g/mol. The number of hydrogen-bond acceptors (Lipinski definition) is 4. The lowest BCUT2D eigenvalue weighted by Gasteiger charge is -2.22. The van der Waals surface area contributed by atoms with Crippen LogP contribution in [0.4, 0.5) is 0 Å². The van der Waals surface area contributed by atoms with Crippen LogP contribution >= 0.6 is 11.3 Å². The molecule has 0 saturated carbocycles. The molecule has 2 heterocycles. The Morgan fingerprint density at radius 2 is 2.12 bits per heavy atom. The molecule has 90 valence electrons. The largest absolute Gasteiger partial charge is 0.381 e. The van der Waals surface area contributed by atoms with Crippen LogP contribution in [-0.2, 0) is 10.3 Å². The molecule has 0 spiro atoms. The SMILES string of the molecule is CNC(C)(C)c1nc(C2CCOCC2)cs1. The zero-order chi connectivity index (χ0) is 11.6. The van der Waals surface area contributed by atoms with E-state index in [4.69, 9.17) is 9.72 Å². The summed E-state index contributed by atoms with van der Waals surface area (Å²) in [7, 11) is 1.98. The molecule has 1 fully saturated rings. The Morgan fingerprint density at radius 3 is 2.75 bits per heavy atom. The van der Waals surface area contributed by atoms with Gasteiger partial charge in [0.05, 0.1) is 11.2 Å². The number of hydrogen-bond donors (Lipinski definition) is 1. The zero-order valence-corrected chi connectivity index (χ0v) is 11.1. The Morgan fingerprint density at radius 1 is 1.44 bits per heavy atom. The third-order valence-corrected chi connectivity index (χ3v) is 4.51. The van der Waals surface area contributed by atoms with E-state index in [1.165, 1.54) is 10.7 Å².